The number of hydrogen-bond acceptors (Lipinski definition) is 8. The summed E-state index contributed by atoms with van der Waals surface area (Å²) in [7, 11) is 3.03. The number of morpholine rings is 1. The van der Waals surface area contributed by atoms with Gasteiger partial charge in [-0.15, -0.1) is 0 Å². The van der Waals surface area contributed by atoms with E-state index in [9.17, 15) is 14.7 Å². The molecule has 2 saturated heterocycles. The van der Waals surface area contributed by atoms with Crippen LogP contribution in [-0.4, -0.2) is 85.2 Å². The van der Waals surface area contributed by atoms with Crippen LogP contribution >= 0.6 is 0 Å². The molecule has 9 heteroatoms. The number of carbonyl (C=O) groups is 2. The van der Waals surface area contributed by atoms with Gasteiger partial charge in [-0.25, -0.2) is 0 Å². The highest BCUT2D eigenvalue weighted by Gasteiger charge is 2.47. The fraction of sp³-hybridized carbons (Fsp3) is 0.400. The van der Waals surface area contributed by atoms with Crippen LogP contribution in [0.3, 0.4) is 0 Å². The molecule has 1 amide bonds. The van der Waals surface area contributed by atoms with Crippen LogP contribution in [0.25, 0.3) is 5.76 Å². The first-order valence-electron chi connectivity index (χ1n) is 11.3. The second-order valence-electron chi connectivity index (χ2n) is 8.12. The van der Waals surface area contributed by atoms with Crippen molar-refractivity contribution in [2.24, 2.45) is 0 Å². The van der Waals surface area contributed by atoms with Gasteiger partial charge in [-0.05, 0) is 24.6 Å². The van der Waals surface area contributed by atoms with Crippen LogP contribution in [0, 0.1) is 0 Å². The Morgan fingerprint density at radius 2 is 1.82 bits per heavy atom. The Morgan fingerprint density at radius 1 is 1.09 bits per heavy atom. The van der Waals surface area contributed by atoms with E-state index < -0.39 is 17.7 Å². The highest BCUT2D eigenvalue weighted by molar-refractivity contribution is 6.46. The van der Waals surface area contributed by atoms with Crippen LogP contribution in [0.4, 0.5) is 0 Å². The molecule has 0 radical (unpaired) electrons. The van der Waals surface area contributed by atoms with E-state index in [0.717, 1.165) is 19.6 Å². The van der Waals surface area contributed by atoms with Gasteiger partial charge in [0.1, 0.15) is 5.76 Å². The van der Waals surface area contributed by atoms with E-state index in [0.29, 0.717) is 48.8 Å². The number of amides is 1. The molecule has 1 N–H and O–H groups in total. The first-order chi connectivity index (χ1) is 16.6. The van der Waals surface area contributed by atoms with Gasteiger partial charge in [0.15, 0.2) is 11.5 Å². The molecule has 2 fully saturated rings. The van der Waals surface area contributed by atoms with Crippen molar-refractivity contribution >= 4 is 17.4 Å². The van der Waals surface area contributed by atoms with Gasteiger partial charge >= 0.3 is 0 Å². The number of pyridine rings is 1. The zero-order chi connectivity index (χ0) is 24.1. The lowest BCUT2D eigenvalue weighted by atomic mass is 9.94. The van der Waals surface area contributed by atoms with Crippen LogP contribution < -0.4 is 9.47 Å². The molecule has 0 unspecified atom stereocenters. The summed E-state index contributed by atoms with van der Waals surface area (Å²) in [5.41, 5.74) is 1.00. The summed E-state index contributed by atoms with van der Waals surface area (Å²) in [5.74, 6) is -0.729. The molecule has 1 aromatic heterocycles. The molecule has 2 aromatic rings. The van der Waals surface area contributed by atoms with Crippen LogP contribution in [0.2, 0.25) is 0 Å². The number of para-hydroxylation sites is 1. The first-order valence-corrected chi connectivity index (χ1v) is 11.3. The lowest BCUT2D eigenvalue weighted by Crippen LogP contribution is -2.39. The van der Waals surface area contributed by atoms with E-state index in [1.165, 1.54) is 31.5 Å². The minimum atomic E-state index is -0.817. The number of aliphatic hydroxyl groups is 1. The van der Waals surface area contributed by atoms with Gasteiger partial charge in [0.05, 0.1) is 39.0 Å². The Balaban J connectivity index is 1.74. The lowest BCUT2D eigenvalue weighted by Gasteiger charge is -2.29. The Labute approximate surface area is 198 Å². The van der Waals surface area contributed by atoms with Gasteiger partial charge in [-0.2, -0.15) is 0 Å². The monoisotopic (exact) mass is 467 g/mol. The minimum absolute atomic E-state index is 0.0223. The van der Waals surface area contributed by atoms with Crippen molar-refractivity contribution in [3.8, 4) is 11.5 Å². The second kappa shape index (κ2) is 10.7. The number of ether oxygens (including phenoxy) is 3. The molecule has 0 saturated carbocycles. The Hall–Kier alpha value is -3.43. The van der Waals surface area contributed by atoms with E-state index in [1.807, 2.05) is 0 Å². The maximum absolute atomic E-state index is 13.2. The number of carbonyl (C=O) groups excluding carboxylic acids is 2. The predicted molar refractivity (Wildman–Crippen MR) is 125 cm³/mol. The first kappa shape index (κ1) is 23.7. The molecular weight excluding hydrogens is 438 g/mol. The zero-order valence-corrected chi connectivity index (χ0v) is 19.4. The summed E-state index contributed by atoms with van der Waals surface area (Å²) in [6.07, 6.45) is 3.72. The molecule has 3 heterocycles. The summed E-state index contributed by atoms with van der Waals surface area (Å²) in [5, 5.41) is 11.1. The summed E-state index contributed by atoms with van der Waals surface area (Å²) >= 11 is 0. The third-order valence-corrected chi connectivity index (χ3v) is 6.20. The van der Waals surface area contributed by atoms with Crippen LogP contribution in [0.5, 0.6) is 11.5 Å². The van der Waals surface area contributed by atoms with E-state index in [-0.39, 0.29) is 11.3 Å². The largest absolute Gasteiger partial charge is 0.507 e. The maximum atomic E-state index is 13.2. The van der Waals surface area contributed by atoms with E-state index in [2.05, 4.69) is 9.88 Å². The summed E-state index contributed by atoms with van der Waals surface area (Å²) in [6, 6.07) is 7.68. The van der Waals surface area contributed by atoms with Crippen molar-refractivity contribution in [3.05, 3.63) is 59.4 Å². The maximum Gasteiger partial charge on any atom is 0.295 e. The quantitative estimate of drug-likeness (QED) is 0.358. The molecule has 0 spiro atoms. The predicted octanol–water partition coefficient (Wildman–Crippen LogP) is 2.24. The molecular formula is C25H29N3O6. The molecule has 180 valence electrons. The second-order valence-corrected chi connectivity index (χ2v) is 8.12. The Bertz CT molecular complexity index is 1070. The van der Waals surface area contributed by atoms with Crippen molar-refractivity contribution in [3.63, 3.8) is 0 Å². The number of aliphatic hydroxyl groups excluding tert-OH is 1. The minimum Gasteiger partial charge on any atom is -0.507 e. The van der Waals surface area contributed by atoms with Gasteiger partial charge < -0.3 is 24.2 Å². The summed E-state index contributed by atoms with van der Waals surface area (Å²) in [4.78, 5) is 34.2. The number of rotatable bonds is 8. The molecule has 9 nitrogen and oxygen atoms in total. The van der Waals surface area contributed by atoms with Gasteiger partial charge in [-0.1, -0.05) is 12.1 Å². The fourth-order valence-electron chi connectivity index (χ4n) is 4.52. The smallest absolute Gasteiger partial charge is 0.295 e. The zero-order valence-electron chi connectivity index (χ0n) is 19.4. The van der Waals surface area contributed by atoms with Crippen molar-refractivity contribution < 1.29 is 28.9 Å². The van der Waals surface area contributed by atoms with Crippen molar-refractivity contribution in [2.75, 3.05) is 53.6 Å². The van der Waals surface area contributed by atoms with E-state index >= 15 is 0 Å². The van der Waals surface area contributed by atoms with Crippen molar-refractivity contribution in [1.29, 1.82) is 0 Å². The molecule has 0 aliphatic carbocycles. The van der Waals surface area contributed by atoms with Gasteiger partial charge in [0.2, 0.25) is 0 Å². The topological polar surface area (TPSA) is 101 Å². The third-order valence-electron chi connectivity index (χ3n) is 6.20. The summed E-state index contributed by atoms with van der Waals surface area (Å²) < 4.78 is 16.5. The number of benzene rings is 1. The van der Waals surface area contributed by atoms with E-state index in [1.54, 1.807) is 30.3 Å². The molecule has 2 aliphatic rings. The third kappa shape index (κ3) is 4.62. The van der Waals surface area contributed by atoms with E-state index in [4.69, 9.17) is 14.2 Å². The number of aromatic nitrogens is 1. The highest BCUT2D eigenvalue weighted by atomic mass is 16.5. The summed E-state index contributed by atoms with van der Waals surface area (Å²) in [6.45, 7) is 4.19. The van der Waals surface area contributed by atoms with Gasteiger partial charge in [0, 0.05) is 49.7 Å². The van der Waals surface area contributed by atoms with Crippen molar-refractivity contribution in [1.82, 2.24) is 14.8 Å². The SMILES string of the molecule is COc1cccc([C@@H]2/C(=C(\O)c3ccncc3)C(=O)C(=O)N2CCCN2CCOCC2)c1OC. The number of methoxy groups -OCH3 is 2. The number of Topliss-reactive ketones (excluding diaryl/α,β-unsaturated/α-hetero) is 1. The van der Waals surface area contributed by atoms with Gasteiger partial charge in [0.25, 0.3) is 11.7 Å². The highest BCUT2D eigenvalue weighted by Crippen LogP contribution is 2.45. The molecule has 4 rings (SSSR count). The lowest BCUT2D eigenvalue weighted by molar-refractivity contribution is -0.140. The average molecular weight is 468 g/mol. The Kier molecular flexibility index (Phi) is 7.44. The number of likely N-dealkylation sites (tertiary alicyclic amines) is 1. The van der Waals surface area contributed by atoms with Crippen LogP contribution in [0.1, 0.15) is 23.6 Å². The van der Waals surface area contributed by atoms with Crippen LogP contribution in [-0.2, 0) is 14.3 Å². The number of ketones is 1. The molecule has 0 bridgehead atoms. The normalized spacial score (nSPS) is 20.5. The number of hydrogen-bond donors (Lipinski definition) is 1. The Morgan fingerprint density at radius 3 is 2.50 bits per heavy atom. The average Bonchev–Trinajstić information content (AvgIpc) is 3.13. The standard InChI is InChI=1S/C25H29N3O6/c1-32-19-6-3-5-18(24(19)33-2)21-20(22(29)17-7-9-26-10-8-17)23(30)25(31)28(21)12-4-11-27-13-15-34-16-14-27/h3,5-10,21,29H,4,11-16H2,1-2H3/b22-20+/t21-/m1/s1. The fourth-order valence-corrected chi connectivity index (χ4v) is 4.52. The number of nitrogens with zero attached hydrogens (tertiary/aromatic N) is 3. The molecule has 1 aromatic carbocycles. The van der Waals surface area contributed by atoms with Gasteiger partial charge in [-0.3, -0.25) is 19.5 Å². The molecule has 34 heavy (non-hydrogen) atoms. The van der Waals surface area contributed by atoms with Crippen molar-refractivity contribution in [2.45, 2.75) is 12.5 Å². The molecule has 1 atom stereocenters. The van der Waals surface area contributed by atoms with Crippen LogP contribution in [0.15, 0.2) is 48.3 Å². The molecule has 2 aliphatic heterocycles.